The molecule has 7 heteroatoms. The van der Waals surface area contributed by atoms with Crippen molar-refractivity contribution < 1.29 is 24.2 Å². The van der Waals surface area contributed by atoms with Gasteiger partial charge in [-0.15, -0.1) is 0 Å². The largest absolute Gasteiger partial charge is 0.506 e. The van der Waals surface area contributed by atoms with Gasteiger partial charge in [-0.1, -0.05) is 42.5 Å². The number of aliphatic hydroxyl groups excluding tert-OH is 2. The number of allylic oxidation sites excluding steroid dienone is 1. The molecule has 0 spiro atoms. The molecule has 4 aromatic rings. The number of nitrogens with zero attached hydrogens (tertiary/aromatic N) is 1. The maximum atomic E-state index is 13.8. The summed E-state index contributed by atoms with van der Waals surface area (Å²) in [5, 5.41) is 21.5. The minimum absolute atomic E-state index is 0.0461. The van der Waals surface area contributed by atoms with Crippen molar-refractivity contribution in [3.05, 3.63) is 101 Å². The highest BCUT2D eigenvalue weighted by atomic mass is 19.1. The minimum Gasteiger partial charge on any atom is -0.506 e. The average Bonchev–Trinajstić information content (AvgIpc) is 3.22. The molecule has 166 valence electrons. The summed E-state index contributed by atoms with van der Waals surface area (Å²) < 4.78 is 13.8. The molecule has 33 heavy (non-hydrogen) atoms. The maximum absolute atomic E-state index is 13.8. The molecule has 4 rings (SSSR count). The van der Waals surface area contributed by atoms with Gasteiger partial charge >= 0.3 is 0 Å². The first-order chi connectivity index (χ1) is 15.8. The molecule has 0 saturated heterocycles. The molecule has 3 N–H and O–H groups in total. The van der Waals surface area contributed by atoms with E-state index in [1.54, 1.807) is 36.4 Å². The molecule has 0 amide bonds. The standard InChI is InChI=1S/C26H21FN2O4/c1-15(30)12-22(31)16-6-4-7-17(13-16)24(32)23(25(33)18-8-5-9-19(27)14-18)26-28-20-10-2-3-11-21(20)29-26/h2-11,13-14,22,31-32H,12H2,1H3,(H,28,29)/b24-23-. The minimum atomic E-state index is -1.05. The van der Waals surface area contributed by atoms with Crippen molar-refractivity contribution >= 4 is 33.9 Å². The number of aromatic nitrogens is 2. The summed E-state index contributed by atoms with van der Waals surface area (Å²) in [5.41, 5.74) is 1.82. The number of fused-ring (bicyclic) bond motifs is 1. The number of imidazole rings is 1. The van der Waals surface area contributed by atoms with E-state index in [0.29, 0.717) is 16.6 Å². The molecule has 0 aliphatic rings. The van der Waals surface area contributed by atoms with Crippen LogP contribution in [-0.2, 0) is 4.79 Å². The lowest BCUT2D eigenvalue weighted by Crippen LogP contribution is -2.08. The fourth-order valence-electron chi connectivity index (χ4n) is 3.60. The zero-order valence-corrected chi connectivity index (χ0v) is 17.7. The molecule has 0 radical (unpaired) electrons. The second-order valence-electron chi connectivity index (χ2n) is 7.71. The van der Waals surface area contributed by atoms with Crippen molar-refractivity contribution in [2.24, 2.45) is 0 Å². The molecule has 0 bridgehead atoms. The first kappa shape index (κ1) is 22.1. The molecule has 3 aromatic carbocycles. The van der Waals surface area contributed by atoms with Gasteiger partial charge in [0.2, 0.25) is 5.78 Å². The van der Waals surface area contributed by atoms with Crippen molar-refractivity contribution in [3.63, 3.8) is 0 Å². The normalized spacial score (nSPS) is 12.9. The molecular formula is C26H21FN2O4. The van der Waals surface area contributed by atoms with Crippen LogP contribution >= 0.6 is 0 Å². The van der Waals surface area contributed by atoms with E-state index in [1.165, 1.54) is 31.2 Å². The van der Waals surface area contributed by atoms with Gasteiger partial charge in [0, 0.05) is 17.5 Å². The molecule has 0 fully saturated rings. The summed E-state index contributed by atoms with van der Waals surface area (Å²) in [6.07, 6.45) is -1.13. The van der Waals surface area contributed by atoms with E-state index in [4.69, 9.17) is 0 Å². The van der Waals surface area contributed by atoms with Crippen molar-refractivity contribution in [1.82, 2.24) is 9.97 Å². The van der Waals surface area contributed by atoms with Crippen LogP contribution in [0.3, 0.4) is 0 Å². The third kappa shape index (κ3) is 4.73. The second kappa shape index (κ2) is 9.18. The van der Waals surface area contributed by atoms with Crippen molar-refractivity contribution in [1.29, 1.82) is 0 Å². The van der Waals surface area contributed by atoms with Crippen LogP contribution in [0.4, 0.5) is 4.39 Å². The molecule has 1 heterocycles. The fourth-order valence-corrected chi connectivity index (χ4v) is 3.60. The Bertz CT molecular complexity index is 1360. The Morgan fingerprint density at radius 3 is 2.45 bits per heavy atom. The number of aliphatic hydroxyl groups is 2. The summed E-state index contributed by atoms with van der Waals surface area (Å²) in [5.74, 6) is -1.66. The smallest absolute Gasteiger partial charge is 0.200 e. The molecule has 1 unspecified atom stereocenters. The summed E-state index contributed by atoms with van der Waals surface area (Å²) in [7, 11) is 0. The molecule has 1 atom stereocenters. The zero-order chi connectivity index (χ0) is 23.5. The molecule has 0 saturated carbocycles. The van der Waals surface area contributed by atoms with Crippen LogP contribution in [0.1, 0.15) is 46.8 Å². The van der Waals surface area contributed by atoms with Gasteiger partial charge < -0.3 is 15.2 Å². The number of aromatic amines is 1. The number of ketones is 2. The predicted octanol–water partition coefficient (Wildman–Crippen LogP) is 5.02. The first-order valence-corrected chi connectivity index (χ1v) is 10.3. The highest BCUT2D eigenvalue weighted by molar-refractivity contribution is 6.33. The van der Waals surface area contributed by atoms with E-state index in [0.717, 1.165) is 6.07 Å². The lowest BCUT2D eigenvalue weighted by Gasteiger charge is -2.13. The molecule has 0 aliphatic carbocycles. The molecule has 1 aromatic heterocycles. The number of para-hydroxylation sites is 2. The van der Waals surface area contributed by atoms with Crippen molar-refractivity contribution in [3.8, 4) is 0 Å². The summed E-state index contributed by atoms with van der Waals surface area (Å²) in [4.78, 5) is 32.3. The molecular weight excluding hydrogens is 423 g/mol. The van der Waals surface area contributed by atoms with Gasteiger partial charge in [0.1, 0.15) is 28.8 Å². The topological polar surface area (TPSA) is 103 Å². The fraction of sp³-hybridized carbons (Fsp3) is 0.115. The van der Waals surface area contributed by atoms with E-state index >= 15 is 0 Å². The van der Waals surface area contributed by atoms with Crippen molar-refractivity contribution in [2.45, 2.75) is 19.4 Å². The van der Waals surface area contributed by atoms with Crippen LogP contribution in [0, 0.1) is 5.82 Å². The Kier molecular flexibility index (Phi) is 6.15. The van der Waals surface area contributed by atoms with E-state index in [-0.39, 0.29) is 40.5 Å². The Morgan fingerprint density at radius 1 is 1.00 bits per heavy atom. The highest BCUT2D eigenvalue weighted by Crippen LogP contribution is 2.30. The SMILES string of the molecule is CC(=O)CC(O)c1cccc(/C(O)=C(\C(=O)c2cccc(F)c2)c2nc3ccccc3[nH]2)c1. The number of benzene rings is 3. The summed E-state index contributed by atoms with van der Waals surface area (Å²) in [6, 6.07) is 18.6. The number of nitrogens with one attached hydrogen (secondary N) is 1. The third-order valence-electron chi connectivity index (χ3n) is 5.20. The van der Waals surface area contributed by atoms with Gasteiger partial charge in [-0.2, -0.15) is 0 Å². The van der Waals surface area contributed by atoms with Gasteiger partial charge in [0.15, 0.2) is 0 Å². The van der Waals surface area contributed by atoms with Crippen molar-refractivity contribution in [2.75, 3.05) is 0 Å². The lowest BCUT2D eigenvalue weighted by molar-refractivity contribution is -0.118. The zero-order valence-electron chi connectivity index (χ0n) is 17.7. The second-order valence-corrected chi connectivity index (χ2v) is 7.71. The Labute approximate surface area is 189 Å². The number of H-pyrrole nitrogens is 1. The number of Topliss-reactive ketones (excluding diaryl/α,β-unsaturated/α-hetero) is 2. The first-order valence-electron chi connectivity index (χ1n) is 10.3. The summed E-state index contributed by atoms with van der Waals surface area (Å²) in [6.45, 7) is 1.38. The number of rotatable bonds is 7. The van der Waals surface area contributed by atoms with Gasteiger partial charge in [0.25, 0.3) is 0 Å². The molecule has 0 aliphatic heterocycles. The Morgan fingerprint density at radius 2 is 1.73 bits per heavy atom. The number of carbonyl (C=O) groups excluding carboxylic acids is 2. The van der Waals surface area contributed by atoms with Gasteiger partial charge in [-0.25, -0.2) is 9.37 Å². The van der Waals surface area contributed by atoms with E-state index < -0.39 is 17.7 Å². The Balaban J connectivity index is 1.88. The van der Waals surface area contributed by atoms with E-state index in [9.17, 15) is 24.2 Å². The number of hydrogen-bond acceptors (Lipinski definition) is 5. The van der Waals surface area contributed by atoms with Crippen LogP contribution in [0.25, 0.3) is 22.4 Å². The van der Waals surface area contributed by atoms with E-state index in [2.05, 4.69) is 9.97 Å². The average molecular weight is 444 g/mol. The van der Waals surface area contributed by atoms with Crippen LogP contribution in [0.15, 0.2) is 72.8 Å². The van der Waals surface area contributed by atoms with Crippen LogP contribution in [-0.4, -0.2) is 31.7 Å². The summed E-state index contributed by atoms with van der Waals surface area (Å²) >= 11 is 0. The van der Waals surface area contributed by atoms with Gasteiger partial charge in [-0.3, -0.25) is 9.59 Å². The van der Waals surface area contributed by atoms with Gasteiger partial charge in [0.05, 0.1) is 17.1 Å². The predicted molar refractivity (Wildman–Crippen MR) is 123 cm³/mol. The number of hydrogen-bond donors (Lipinski definition) is 3. The van der Waals surface area contributed by atoms with Crippen LogP contribution in [0.2, 0.25) is 0 Å². The molecule has 6 nitrogen and oxygen atoms in total. The van der Waals surface area contributed by atoms with Crippen LogP contribution < -0.4 is 0 Å². The maximum Gasteiger partial charge on any atom is 0.200 e. The monoisotopic (exact) mass is 444 g/mol. The quantitative estimate of drug-likeness (QED) is 0.211. The third-order valence-corrected chi connectivity index (χ3v) is 5.20. The van der Waals surface area contributed by atoms with E-state index in [1.807, 2.05) is 6.07 Å². The lowest BCUT2D eigenvalue weighted by atomic mass is 9.96. The highest BCUT2D eigenvalue weighted by Gasteiger charge is 2.24. The Hall–Kier alpha value is -4.10. The van der Waals surface area contributed by atoms with Gasteiger partial charge in [-0.05, 0) is 42.8 Å². The van der Waals surface area contributed by atoms with Crippen LogP contribution in [0.5, 0.6) is 0 Å². The number of carbonyl (C=O) groups is 2. The number of halogens is 1.